The molecule has 0 saturated heterocycles. The van der Waals surface area contributed by atoms with E-state index in [2.05, 4.69) is 20.6 Å². The Balaban J connectivity index is 1.81. The molecular weight excluding hydrogens is 308 g/mol. The second kappa shape index (κ2) is 6.76. The van der Waals surface area contributed by atoms with Gasteiger partial charge in [0.25, 0.3) is 0 Å². The van der Waals surface area contributed by atoms with Crippen LogP contribution in [0.1, 0.15) is 12.5 Å². The third-order valence-corrected chi connectivity index (χ3v) is 4.07. The number of hydrogen-bond acceptors (Lipinski definition) is 6. The van der Waals surface area contributed by atoms with E-state index in [9.17, 15) is 5.11 Å². The first-order chi connectivity index (χ1) is 11.1. The number of nitrogens with one attached hydrogen (secondary N) is 2. The molecule has 3 aromatic rings. The zero-order valence-corrected chi connectivity index (χ0v) is 13.8. The molecule has 1 unspecified atom stereocenters. The number of thiazole rings is 1. The van der Waals surface area contributed by atoms with Crippen molar-refractivity contribution in [2.45, 2.75) is 20.1 Å². The lowest BCUT2D eigenvalue weighted by Gasteiger charge is -2.13. The molecule has 1 atom stereocenters. The number of rotatable bonds is 5. The van der Waals surface area contributed by atoms with E-state index in [1.54, 1.807) is 30.7 Å². The SMILES string of the molecule is Cc1ccc(NC(C)O)cc1Nc1nc(-c2cccnc2)cs1. The van der Waals surface area contributed by atoms with Crippen LogP contribution < -0.4 is 10.6 Å². The monoisotopic (exact) mass is 326 g/mol. The van der Waals surface area contributed by atoms with Crippen LogP contribution >= 0.6 is 11.3 Å². The number of pyridine rings is 1. The number of hydrogen-bond donors (Lipinski definition) is 3. The van der Waals surface area contributed by atoms with Crippen LogP contribution in [-0.4, -0.2) is 21.3 Å². The highest BCUT2D eigenvalue weighted by Crippen LogP contribution is 2.29. The van der Waals surface area contributed by atoms with Crippen molar-refractivity contribution in [1.82, 2.24) is 9.97 Å². The normalized spacial score (nSPS) is 12.0. The van der Waals surface area contributed by atoms with E-state index < -0.39 is 6.23 Å². The lowest BCUT2D eigenvalue weighted by Crippen LogP contribution is -2.13. The van der Waals surface area contributed by atoms with Gasteiger partial charge < -0.3 is 15.7 Å². The molecule has 3 rings (SSSR count). The fourth-order valence-corrected chi connectivity index (χ4v) is 2.91. The highest BCUT2D eigenvalue weighted by atomic mass is 32.1. The highest BCUT2D eigenvalue weighted by molar-refractivity contribution is 7.14. The second-order valence-electron chi connectivity index (χ2n) is 5.25. The molecule has 3 N–H and O–H groups in total. The van der Waals surface area contributed by atoms with E-state index in [0.717, 1.165) is 33.3 Å². The van der Waals surface area contributed by atoms with E-state index >= 15 is 0 Å². The minimum absolute atomic E-state index is 0.595. The van der Waals surface area contributed by atoms with Gasteiger partial charge in [0, 0.05) is 34.7 Å². The molecule has 0 aliphatic rings. The first-order valence-electron chi connectivity index (χ1n) is 7.30. The van der Waals surface area contributed by atoms with Gasteiger partial charge in [-0.05, 0) is 43.7 Å². The summed E-state index contributed by atoms with van der Waals surface area (Å²) < 4.78 is 0. The number of anilines is 3. The molecule has 118 valence electrons. The third-order valence-electron chi connectivity index (χ3n) is 3.32. The molecule has 6 heteroatoms. The van der Waals surface area contributed by atoms with Gasteiger partial charge in [-0.15, -0.1) is 11.3 Å². The van der Waals surface area contributed by atoms with Gasteiger partial charge in [-0.3, -0.25) is 4.98 Å². The lowest BCUT2D eigenvalue weighted by atomic mass is 10.2. The van der Waals surface area contributed by atoms with Crippen molar-refractivity contribution < 1.29 is 5.11 Å². The maximum Gasteiger partial charge on any atom is 0.187 e. The molecule has 0 saturated carbocycles. The quantitative estimate of drug-likeness (QED) is 0.618. The topological polar surface area (TPSA) is 70.1 Å². The zero-order chi connectivity index (χ0) is 16.2. The van der Waals surface area contributed by atoms with Gasteiger partial charge in [-0.2, -0.15) is 0 Å². The smallest absolute Gasteiger partial charge is 0.187 e. The van der Waals surface area contributed by atoms with Crippen molar-refractivity contribution in [2.75, 3.05) is 10.6 Å². The Bertz CT molecular complexity index is 786. The van der Waals surface area contributed by atoms with Gasteiger partial charge >= 0.3 is 0 Å². The summed E-state index contributed by atoms with van der Waals surface area (Å²) in [6.07, 6.45) is 2.96. The average molecular weight is 326 g/mol. The molecule has 0 spiro atoms. The standard InChI is InChI=1S/C17H18N4OS/c1-11-5-6-14(19-12(2)22)8-15(11)20-17-21-16(10-23-17)13-4-3-7-18-9-13/h3-10,12,19,22H,1-2H3,(H,20,21). The zero-order valence-electron chi connectivity index (χ0n) is 12.9. The summed E-state index contributed by atoms with van der Waals surface area (Å²) in [5.41, 5.74) is 4.83. The predicted octanol–water partition coefficient (Wildman–Crippen LogP) is 4.01. The highest BCUT2D eigenvalue weighted by Gasteiger charge is 2.07. The maximum absolute atomic E-state index is 9.44. The molecule has 0 radical (unpaired) electrons. The van der Waals surface area contributed by atoms with Gasteiger partial charge in [-0.25, -0.2) is 4.98 Å². The van der Waals surface area contributed by atoms with Crippen molar-refractivity contribution in [3.05, 3.63) is 53.7 Å². The van der Waals surface area contributed by atoms with E-state index in [1.165, 1.54) is 0 Å². The minimum atomic E-state index is -0.595. The Morgan fingerprint density at radius 3 is 2.87 bits per heavy atom. The number of aryl methyl sites for hydroxylation is 1. The van der Waals surface area contributed by atoms with Crippen molar-refractivity contribution in [1.29, 1.82) is 0 Å². The summed E-state index contributed by atoms with van der Waals surface area (Å²) in [6, 6.07) is 9.80. The van der Waals surface area contributed by atoms with Crippen LogP contribution in [0.5, 0.6) is 0 Å². The van der Waals surface area contributed by atoms with Gasteiger partial charge in [0.1, 0.15) is 6.23 Å². The molecule has 23 heavy (non-hydrogen) atoms. The number of nitrogens with zero attached hydrogens (tertiary/aromatic N) is 2. The number of aliphatic hydroxyl groups excluding tert-OH is 1. The van der Waals surface area contributed by atoms with Gasteiger partial charge in [-0.1, -0.05) is 6.07 Å². The van der Waals surface area contributed by atoms with E-state index in [4.69, 9.17) is 0 Å². The van der Waals surface area contributed by atoms with Crippen LogP contribution in [0.2, 0.25) is 0 Å². The van der Waals surface area contributed by atoms with Gasteiger partial charge in [0.15, 0.2) is 5.13 Å². The predicted molar refractivity (Wildman–Crippen MR) is 95.1 cm³/mol. The Hall–Kier alpha value is -2.44. The van der Waals surface area contributed by atoms with Gasteiger partial charge in [0.2, 0.25) is 0 Å². The largest absolute Gasteiger partial charge is 0.374 e. The summed E-state index contributed by atoms with van der Waals surface area (Å²) in [7, 11) is 0. The van der Waals surface area contributed by atoms with Crippen LogP contribution in [0.3, 0.4) is 0 Å². The summed E-state index contributed by atoms with van der Waals surface area (Å²) >= 11 is 1.55. The number of aliphatic hydroxyl groups is 1. The van der Waals surface area contributed by atoms with Crippen LogP contribution in [0.4, 0.5) is 16.5 Å². The molecule has 0 bridgehead atoms. The van der Waals surface area contributed by atoms with Gasteiger partial charge in [0.05, 0.1) is 5.69 Å². The summed E-state index contributed by atoms with van der Waals surface area (Å²) in [5.74, 6) is 0. The first-order valence-corrected chi connectivity index (χ1v) is 8.18. The van der Waals surface area contributed by atoms with Crippen LogP contribution in [0.15, 0.2) is 48.1 Å². The Kier molecular flexibility index (Phi) is 4.55. The van der Waals surface area contributed by atoms with Crippen molar-refractivity contribution in [3.63, 3.8) is 0 Å². The fourth-order valence-electron chi connectivity index (χ4n) is 2.18. The van der Waals surface area contributed by atoms with Crippen LogP contribution in [0, 0.1) is 6.92 Å². The molecule has 1 aromatic carbocycles. The Morgan fingerprint density at radius 2 is 2.13 bits per heavy atom. The Labute approximate surface area is 139 Å². The maximum atomic E-state index is 9.44. The molecule has 2 aromatic heterocycles. The van der Waals surface area contributed by atoms with E-state index in [0.29, 0.717) is 0 Å². The van der Waals surface area contributed by atoms with E-state index in [1.807, 2.05) is 42.6 Å². The number of aromatic nitrogens is 2. The summed E-state index contributed by atoms with van der Waals surface area (Å²) in [5, 5.41) is 18.6. The lowest BCUT2D eigenvalue weighted by molar-refractivity contribution is 0.224. The summed E-state index contributed by atoms with van der Waals surface area (Å²) in [6.45, 7) is 3.72. The first kappa shape index (κ1) is 15.5. The fraction of sp³-hybridized carbons (Fsp3) is 0.176. The molecule has 5 nitrogen and oxygen atoms in total. The molecular formula is C17H18N4OS. The summed E-state index contributed by atoms with van der Waals surface area (Å²) in [4.78, 5) is 8.72. The van der Waals surface area contributed by atoms with Crippen molar-refractivity contribution in [3.8, 4) is 11.3 Å². The molecule has 0 fully saturated rings. The molecule has 2 heterocycles. The van der Waals surface area contributed by atoms with E-state index in [-0.39, 0.29) is 0 Å². The number of benzene rings is 1. The van der Waals surface area contributed by atoms with Crippen LogP contribution in [0.25, 0.3) is 11.3 Å². The molecule has 0 aliphatic carbocycles. The minimum Gasteiger partial charge on any atom is -0.374 e. The average Bonchev–Trinajstić information content (AvgIpc) is 3.00. The van der Waals surface area contributed by atoms with Crippen molar-refractivity contribution in [2.24, 2.45) is 0 Å². The third kappa shape index (κ3) is 3.85. The molecule has 0 aliphatic heterocycles. The van der Waals surface area contributed by atoms with Crippen molar-refractivity contribution >= 4 is 27.8 Å². The second-order valence-corrected chi connectivity index (χ2v) is 6.11. The Morgan fingerprint density at radius 1 is 1.26 bits per heavy atom. The molecule has 0 amide bonds. The van der Waals surface area contributed by atoms with Crippen LogP contribution in [-0.2, 0) is 0 Å².